The molecule has 1 N–H and O–H groups in total. The van der Waals surface area contributed by atoms with Gasteiger partial charge in [-0.2, -0.15) is 0 Å². The minimum absolute atomic E-state index is 0.110. The maximum absolute atomic E-state index is 14.2. The van der Waals surface area contributed by atoms with Gasteiger partial charge < -0.3 is 5.11 Å². The Morgan fingerprint density at radius 3 is 2.59 bits per heavy atom. The second-order valence-corrected chi connectivity index (χ2v) is 7.52. The smallest absolute Gasteiger partial charge is 0.303 e. The van der Waals surface area contributed by atoms with E-state index in [2.05, 4.69) is 31.9 Å². The summed E-state index contributed by atoms with van der Waals surface area (Å²) in [6, 6.07) is 10.9. The van der Waals surface area contributed by atoms with E-state index in [0.717, 1.165) is 20.1 Å². The number of carboxylic acid groups (broad SMARTS) is 1. The molecule has 0 saturated heterocycles. The van der Waals surface area contributed by atoms with Crippen LogP contribution in [0.5, 0.6) is 0 Å². The summed E-state index contributed by atoms with van der Waals surface area (Å²) in [6.07, 6.45) is 0.637. The first-order chi connectivity index (χ1) is 10.5. The van der Waals surface area contributed by atoms with Gasteiger partial charge in [-0.15, -0.1) is 11.8 Å². The van der Waals surface area contributed by atoms with Crippen LogP contribution in [0.25, 0.3) is 11.1 Å². The summed E-state index contributed by atoms with van der Waals surface area (Å²) >= 11 is 8.21. The number of carboxylic acids is 1. The number of hydrogen-bond donors (Lipinski definition) is 1. The standard InChI is InChI=1S/C16H13Br2FO2S/c17-11-4-5-12(13(18)9-11)10-3-6-15(14(19)8-10)22-7-1-2-16(20)21/h3-6,8-9H,1-2,7H2,(H,20,21). The predicted molar refractivity (Wildman–Crippen MR) is 94.8 cm³/mol. The van der Waals surface area contributed by atoms with Gasteiger partial charge in [-0.05, 0) is 47.6 Å². The molecule has 0 aliphatic rings. The number of halogens is 3. The number of benzene rings is 2. The third-order valence-corrected chi connectivity index (χ3v) is 5.25. The van der Waals surface area contributed by atoms with Crippen LogP contribution in [0.4, 0.5) is 4.39 Å². The fourth-order valence-corrected chi connectivity index (χ4v) is 4.06. The Hall–Kier alpha value is -0.850. The van der Waals surface area contributed by atoms with Gasteiger partial charge in [0.25, 0.3) is 0 Å². The molecule has 2 aromatic rings. The Labute approximate surface area is 149 Å². The van der Waals surface area contributed by atoms with Crippen molar-refractivity contribution in [2.24, 2.45) is 0 Å². The number of rotatable bonds is 6. The fraction of sp³-hybridized carbons (Fsp3) is 0.188. The first kappa shape index (κ1) is 17.5. The highest BCUT2D eigenvalue weighted by molar-refractivity contribution is 9.11. The summed E-state index contributed by atoms with van der Waals surface area (Å²) < 4.78 is 16.0. The molecule has 0 heterocycles. The Balaban J connectivity index is 2.10. The molecule has 0 aliphatic carbocycles. The fourth-order valence-electron chi connectivity index (χ4n) is 1.91. The number of thioether (sulfide) groups is 1. The first-order valence-electron chi connectivity index (χ1n) is 6.57. The van der Waals surface area contributed by atoms with Gasteiger partial charge in [-0.25, -0.2) is 4.39 Å². The molecule has 116 valence electrons. The summed E-state index contributed by atoms with van der Waals surface area (Å²) in [4.78, 5) is 11.0. The van der Waals surface area contributed by atoms with Crippen LogP contribution in [0.2, 0.25) is 0 Å². The van der Waals surface area contributed by atoms with Crippen molar-refractivity contribution in [1.82, 2.24) is 0 Å². The molecule has 0 amide bonds. The molecule has 22 heavy (non-hydrogen) atoms. The molecule has 0 saturated carbocycles. The molecule has 6 heteroatoms. The Morgan fingerprint density at radius 2 is 1.95 bits per heavy atom. The molecule has 0 fully saturated rings. The van der Waals surface area contributed by atoms with Gasteiger partial charge in [-0.3, -0.25) is 4.79 Å². The molecular formula is C16H13Br2FO2S. The van der Waals surface area contributed by atoms with E-state index in [1.165, 1.54) is 17.8 Å². The zero-order valence-corrected chi connectivity index (χ0v) is 15.5. The van der Waals surface area contributed by atoms with Crippen LogP contribution >= 0.6 is 43.6 Å². The molecule has 2 rings (SSSR count). The zero-order chi connectivity index (χ0) is 16.1. The second-order valence-electron chi connectivity index (χ2n) is 4.62. The lowest BCUT2D eigenvalue weighted by Gasteiger charge is -2.08. The predicted octanol–water partition coefficient (Wildman–Crippen LogP) is 5.97. The van der Waals surface area contributed by atoms with E-state index in [-0.39, 0.29) is 12.2 Å². The van der Waals surface area contributed by atoms with Gasteiger partial charge in [0.2, 0.25) is 0 Å². The average Bonchev–Trinajstić information content (AvgIpc) is 2.44. The molecule has 0 aliphatic heterocycles. The Kier molecular flexibility index (Phi) is 6.47. The van der Waals surface area contributed by atoms with Gasteiger partial charge in [0, 0.05) is 20.3 Å². The normalized spacial score (nSPS) is 10.7. The lowest BCUT2D eigenvalue weighted by Crippen LogP contribution is -1.95. The summed E-state index contributed by atoms with van der Waals surface area (Å²) in [5.74, 6) is -0.519. The number of aliphatic carboxylic acids is 1. The lowest BCUT2D eigenvalue weighted by molar-refractivity contribution is -0.137. The van der Waals surface area contributed by atoms with Gasteiger partial charge in [-0.1, -0.05) is 44.0 Å². The number of hydrogen-bond acceptors (Lipinski definition) is 2. The monoisotopic (exact) mass is 446 g/mol. The molecule has 2 aromatic carbocycles. The Morgan fingerprint density at radius 1 is 1.18 bits per heavy atom. The largest absolute Gasteiger partial charge is 0.481 e. The van der Waals surface area contributed by atoms with Crippen molar-refractivity contribution in [3.63, 3.8) is 0 Å². The van der Waals surface area contributed by atoms with Crippen LogP contribution < -0.4 is 0 Å². The summed E-state index contributed by atoms with van der Waals surface area (Å²) in [5, 5.41) is 8.58. The van der Waals surface area contributed by atoms with E-state index in [1.807, 2.05) is 24.3 Å². The van der Waals surface area contributed by atoms with Crippen LogP contribution in [0, 0.1) is 5.82 Å². The van der Waals surface area contributed by atoms with Crippen molar-refractivity contribution in [1.29, 1.82) is 0 Å². The second kappa shape index (κ2) is 8.13. The Bertz CT molecular complexity index is 692. The molecular weight excluding hydrogens is 435 g/mol. The van der Waals surface area contributed by atoms with Gasteiger partial charge in [0.1, 0.15) is 5.82 Å². The maximum atomic E-state index is 14.2. The zero-order valence-electron chi connectivity index (χ0n) is 11.5. The summed E-state index contributed by atoms with van der Waals surface area (Å²) in [6.45, 7) is 0. The molecule has 0 atom stereocenters. The third-order valence-electron chi connectivity index (χ3n) is 2.97. The third kappa shape index (κ3) is 4.83. The SMILES string of the molecule is O=C(O)CCCSc1ccc(-c2ccc(Br)cc2Br)cc1F. The molecule has 0 spiro atoms. The van der Waals surface area contributed by atoms with E-state index in [0.29, 0.717) is 17.1 Å². The minimum Gasteiger partial charge on any atom is -0.481 e. The van der Waals surface area contributed by atoms with Crippen molar-refractivity contribution in [2.45, 2.75) is 17.7 Å². The van der Waals surface area contributed by atoms with E-state index in [1.54, 1.807) is 6.07 Å². The van der Waals surface area contributed by atoms with E-state index in [9.17, 15) is 9.18 Å². The highest BCUT2D eigenvalue weighted by Crippen LogP contribution is 2.33. The van der Waals surface area contributed by atoms with E-state index in [4.69, 9.17) is 5.11 Å². The quantitative estimate of drug-likeness (QED) is 0.437. The van der Waals surface area contributed by atoms with Crippen molar-refractivity contribution < 1.29 is 14.3 Å². The number of carbonyl (C=O) groups is 1. The molecule has 0 radical (unpaired) electrons. The van der Waals surface area contributed by atoms with Crippen molar-refractivity contribution in [3.8, 4) is 11.1 Å². The van der Waals surface area contributed by atoms with Gasteiger partial charge in [0.15, 0.2) is 0 Å². The van der Waals surface area contributed by atoms with Crippen LogP contribution in [0.3, 0.4) is 0 Å². The van der Waals surface area contributed by atoms with Crippen molar-refractivity contribution in [3.05, 3.63) is 51.2 Å². The molecule has 0 aromatic heterocycles. The highest BCUT2D eigenvalue weighted by Gasteiger charge is 2.09. The maximum Gasteiger partial charge on any atom is 0.303 e. The van der Waals surface area contributed by atoms with Crippen molar-refractivity contribution >= 4 is 49.6 Å². The van der Waals surface area contributed by atoms with Crippen molar-refractivity contribution in [2.75, 3.05) is 5.75 Å². The van der Waals surface area contributed by atoms with Crippen LogP contribution in [0.1, 0.15) is 12.8 Å². The van der Waals surface area contributed by atoms with Crippen LogP contribution in [-0.2, 0) is 4.79 Å². The summed E-state index contributed by atoms with van der Waals surface area (Å²) in [7, 11) is 0. The van der Waals surface area contributed by atoms with Gasteiger partial charge >= 0.3 is 5.97 Å². The van der Waals surface area contributed by atoms with Crippen LogP contribution in [0.15, 0.2) is 50.2 Å². The molecule has 0 unspecified atom stereocenters. The van der Waals surface area contributed by atoms with E-state index >= 15 is 0 Å². The van der Waals surface area contributed by atoms with Crippen LogP contribution in [-0.4, -0.2) is 16.8 Å². The highest BCUT2D eigenvalue weighted by atomic mass is 79.9. The van der Waals surface area contributed by atoms with E-state index < -0.39 is 5.97 Å². The average molecular weight is 448 g/mol. The summed E-state index contributed by atoms with van der Waals surface area (Å²) in [5.41, 5.74) is 1.72. The molecule has 2 nitrogen and oxygen atoms in total. The lowest BCUT2D eigenvalue weighted by atomic mass is 10.1. The topological polar surface area (TPSA) is 37.3 Å². The first-order valence-corrected chi connectivity index (χ1v) is 9.14. The molecule has 0 bridgehead atoms. The minimum atomic E-state index is -0.823. The van der Waals surface area contributed by atoms with Gasteiger partial charge in [0.05, 0.1) is 0 Å².